The molecule has 2 aromatic carbocycles. The molecule has 2 aromatic rings. The van der Waals surface area contributed by atoms with E-state index in [9.17, 15) is 4.79 Å². The van der Waals surface area contributed by atoms with E-state index >= 15 is 0 Å². The lowest BCUT2D eigenvalue weighted by Gasteiger charge is -2.10. The summed E-state index contributed by atoms with van der Waals surface area (Å²) in [5.41, 5.74) is 3.92. The van der Waals surface area contributed by atoms with Gasteiger partial charge < -0.3 is 14.4 Å². The topological polar surface area (TPSA) is 69.5 Å². The zero-order valence-corrected chi connectivity index (χ0v) is 18.5. The van der Waals surface area contributed by atoms with Crippen molar-refractivity contribution in [3.05, 3.63) is 74.7 Å². The Morgan fingerprint density at radius 3 is 2.41 bits per heavy atom. The first-order valence-electron chi connectivity index (χ1n) is 8.53. The Bertz CT molecular complexity index is 936. The van der Waals surface area contributed by atoms with Crippen LogP contribution in [0.1, 0.15) is 29.2 Å². The highest BCUT2D eigenvalue weighted by Gasteiger charge is 2.19. The van der Waals surface area contributed by atoms with Crippen LogP contribution in [-0.4, -0.2) is 31.6 Å². The van der Waals surface area contributed by atoms with Gasteiger partial charge in [0.1, 0.15) is 13.7 Å². The third-order valence-corrected chi connectivity index (χ3v) is 4.20. The molecule has 0 aliphatic carbocycles. The molecule has 8 heteroatoms. The number of hydrogen-bond acceptors (Lipinski definition) is 6. The van der Waals surface area contributed by atoms with E-state index in [1.165, 1.54) is 14.2 Å². The normalized spacial score (nSPS) is 12.5. The summed E-state index contributed by atoms with van der Waals surface area (Å²) < 4.78 is 5.30. The summed E-state index contributed by atoms with van der Waals surface area (Å²) in [4.78, 5) is 22.3. The lowest BCUT2D eigenvalue weighted by molar-refractivity contribution is -0.132. The molecule has 0 fully saturated rings. The van der Waals surface area contributed by atoms with Crippen LogP contribution in [-0.2, 0) is 25.8 Å². The number of esters is 1. The van der Waals surface area contributed by atoms with Crippen LogP contribution in [0.15, 0.2) is 62.8 Å². The number of ether oxygens (including phenoxy) is 1. The Labute approximate surface area is 182 Å². The van der Waals surface area contributed by atoms with Gasteiger partial charge in [0.15, 0.2) is 5.71 Å². The Hall–Kier alpha value is -2.64. The molecule has 0 unspecified atom stereocenters. The summed E-state index contributed by atoms with van der Waals surface area (Å²) >= 11 is 9.01. The van der Waals surface area contributed by atoms with E-state index in [-0.39, 0.29) is 12.3 Å². The highest BCUT2D eigenvalue weighted by Crippen LogP contribution is 2.17. The van der Waals surface area contributed by atoms with Gasteiger partial charge in [-0.15, -0.1) is 0 Å². The second-order valence-corrected chi connectivity index (χ2v) is 7.50. The smallest absolute Gasteiger partial charge is 0.360 e. The zero-order valence-electron chi connectivity index (χ0n) is 16.2. The zero-order chi connectivity index (χ0) is 21.2. The van der Waals surface area contributed by atoms with Crippen molar-refractivity contribution < 1.29 is 19.2 Å². The van der Waals surface area contributed by atoms with Crippen LogP contribution >= 0.6 is 27.5 Å². The van der Waals surface area contributed by atoms with Crippen LogP contribution in [0, 0.1) is 0 Å². The number of nitrogens with zero attached hydrogens (tertiary/aromatic N) is 2. The Morgan fingerprint density at radius 1 is 1.10 bits per heavy atom. The average Bonchev–Trinajstić information content (AvgIpc) is 2.72. The first-order chi connectivity index (χ1) is 14.0. The number of carbonyl (C=O) groups excluding carboxylic acids is 1. The minimum atomic E-state index is -0.600. The number of methoxy groups -OCH3 is 1. The number of oxime groups is 2. The molecule has 0 aromatic heterocycles. The molecule has 0 spiro atoms. The second-order valence-electron chi connectivity index (χ2n) is 5.78. The summed E-state index contributed by atoms with van der Waals surface area (Å²) in [7, 11) is 2.65. The Kier molecular flexibility index (Phi) is 8.89. The van der Waals surface area contributed by atoms with Crippen LogP contribution in [0.3, 0.4) is 0 Å². The fraction of sp³-hybridized carbons (Fsp3) is 0.190. The molecule has 0 aliphatic heterocycles. The van der Waals surface area contributed by atoms with Gasteiger partial charge in [-0.1, -0.05) is 70.4 Å². The molecule has 0 amide bonds. The van der Waals surface area contributed by atoms with Gasteiger partial charge in [-0.2, -0.15) is 0 Å². The molecular formula is C21H20BrClN2O4. The molecule has 29 heavy (non-hydrogen) atoms. The summed E-state index contributed by atoms with van der Waals surface area (Å²) in [6.07, 6.45) is 1.80. The predicted molar refractivity (Wildman–Crippen MR) is 118 cm³/mol. The first-order valence-corrected chi connectivity index (χ1v) is 9.70. The summed E-state index contributed by atoms with van der Waals surface area (Å²) in [6.45, 7) is 1.99. The molecule has 0 saturated carbocycles. The fourth-order valence-electron chi connectivity index (χ4n) is 2.46. The van der Waals surface area contributed by atoms with Gasteiger partial charge in [0.2, 0.25) is 0 Å². The van der Waals surface area contributed by atoms with E-state index in [2.05, 4.69) is 26.2 Å². The molecule has 0 saturated heterocycles. The van der Waals surface area contributed by atoms with Crippen molar-refractivity contribution in [3.8, 4) is 0 Å². The number of benzene rings is 2. The van der Waals surface area contributed by atoms with Gasteiger partial charge in [0.25, 0.3) is 0 Å². The molecule has 0 atom stereocenters. The largest absolute Gasteiger partial charge is 0.464 e. The van der Waals surface area contributed by atoms with Crippen molar-refractivity contribution in [3.63, 3.8) is 0 Å². The van der Waals surface area contributed by atoms with E-state index in [0.717, 1.165) is 16.7 Å². The van der Waals surface area contributed by atoms with Gasteiger partial charge >= 0.3 is 5.97 Å². The minimum Gasteiger partial charge on any atom is -0.464 e. The molecular weight excluding hydrogens is 460 g/mol. The van der Waals surface area contributed by atoms with Crippen molar-refractivity contribution in [2.75, 3.05) is 14.2 Å². The molecule has 0 heterocycles. The monoisotopic (exact) mass is 478 g/mol. The van der Waals surface area contributed by atoms with Crippen LogP contribution in [0.5, 0.6) is 0 Å². The van der Waals surface area contributed by atoms with Gasteiger partial charge in [0, 0.05) is 11.1 Å². The van der Waals surface area contributed by atoms with Gasteiger partial charge in [0.05, 0.1) is 16.8 Å². The molecule has 152 valence electrons. The van der Waals surface area contributed by atoms with Crippen molar-refractivity contribution in [2.24, 2.45) is 10.3 Å². The van der Waals surface area contributed by atoms with E-state index < -0.39 is 5.97 Å². The highest BCUT2D eigenvalue weighted by atomic mass is 79.9. The van der Waals surface area contributed by atoms with Crippen LogP contribution in [0.2, 0.25) is 0 Å². The van der Waals surface area contributed by atoms with Crippen LogP contribution in [0.25, 0.3) is 6.08 Å². The van der Waals surface area contributed by atoms with Crippen molar-refractivity contribution in [1.82, 2.24) is 0 Å². The highest BCUT2D eigenvalue weighted by molar-refractivity contribution is 9.12. The Balaban J connectivity index is 2.15. The van der Waals surface area contributed by atoms with E-state index in [4.69, 9.17) is 26.0 Å². The molecule has 0 aliphatic rings. The van der Waals surface area contributed by atoms with Crippen LogP contribution in [0.4, 0.5) is 0 Å². The number of carbonyl (C=O) groups is 1. The average molecular weight is 480 g/mol. The minimum absolute atomic E-state index is 0.0593. The number of halogens is 2. The predicted octanol–water partition coefficient (Wildman–Crippen LogP) is 5.08. The maximum Gasteiger partial charge on any atom is 0.360 e. The maximum absolute atomic E-state index is 12.0. The summed E-state index contributed by atoms with van der Waals surface area (Å²) in [5, 5.41) is 7.95. The summed E-state index contributed by atoms with van der Waals surface area (Å²) in [5.74, 6) is -0.600. The molecule has 2 rings (SSSR count). The molecule has 6 nitrogen and oxygen atoms in total. The molecule has 0 radical (unpaired) electrons. The van der Waals surface area contributed by atoms with E-state index in [1.54, 1.807) is 18.2 Å². The SMILES string of the molecule is CO/N=C(/C(=O)OC)c1ccccc1CON=C(C)c1ccc(C=C(Cl)Br)cc1. The number of rotatable bonds is 8. The van der Waals surface area contributed by atoms with E-state index in [1.807, 2.05) is 43.3 Å². The van der Waals surface area contributed by atoms with Crippen LogP contribution < -0.4 is 0 Å². The number of hydrogen-bond donors (Lipinski definition) is 0. The van der Waals surface area contributed by atoms with Crippen molar-refractivity contribution in [2.45, 2.75) is 13.5 Å². The third-order valence-electron chi connectivity index (χ3n) is 3.86. The van der Waals surface area contributed by atoms with Crippen molar-refractivity contribution in [1.29, 1.82) is 0 Å². The quantitative estimate of drug-likeness (QED) is 0.301. The standard InChI is InChI=1S/C21H20BrClN2O4/c1-14(16-10-8-15(9-11-16)12-19(22)23)24-29-13-17-6-4-5-7-18(17)20(25-28-3)21(26)27-2/h4-12H,13H2,1-3H3/b19-12?,24-14?,25-20+. The summed E-state index contributed by atoms with van der Waals surface area (Å²) in [6, 6.07) is 14.9. The lowest BCUT2D eigenvalue weighted by atomic mass is 10.0. The molecule has 0 N–H and O–H groups in total. The van der Waals surface area contributed by atoms with E-state index in [0.29, 0.717) is 15.2 Å². The van der Waals surface area contributed by atoms with Gasteiger partial charge in [-0.25, -0.2) is 4.79 Å². The fourth-order valence-corrected chi connectivity index (χ4v) is 2.85. The second kappa shape index (κ2) is 11.4. The molecule has 0 bridgehead atoms. The third kappa shape index (κ3) is 6.73. The maximum atomic E-state index is 12.0. The van der Waals surface area contributed by atoms with Crippen molar-refractivity contribution >= 4 is 51.0 Å². The first kappa shape index (κ1) is 22.6. The lowest BCUT2D eigenvalue weighted by Crippen LogP contribution is -2.19. The Morgan fingerprint density at radius 2 is 1.79 bits per heavy atom. The van der Waals surface area contributed by atoms with Gasteiger partial charge in [-0.3, -0.25) is 0 Å². The van der Waals surface area contributed by atoms with Gasteiger partial charge in [-0.05, 0) is 40.1 Å².